The highest BCUT2D eigenvalue weighted by Gasteiger charge is 2.22. The number of rotatable bonds is 6. The van der Waals surface area contributed by atoms with Crippen molar-refractivity contribution in [2.24, 2.45) is 0 Å². The minimum absolute atomic E-state index is 0.108. The molecule has 2 aromatic rings. The van der Waals surface area contributed by atoms with Gasteiger partial charge in [-0.1, -0.05) is 12.1 Å². The van der Waals surface area contributed by atoms with Crippen LogP contribution in [0.3, 0.4) is 0 Å². The molecule has 26 heavy (non-hydrogen) atoms. The Labute approximate surface area is 153 Å². The molecule has 1 fully saturated rings. The molecule has 1 N–H and O–H groups in total. The van der Waals surface area contributed by atoms with E-state index >= 15 is 0 Å². The van der Waals surface area contributed by atoms with Gasteiger partial charge in [0.1, 0.15) is 5.75 Å². The highest BCUT2D eigenvalue weighted by atomic mass is 32.2. The van der Waals surface area contributed by atoms with Gasteiger partial charge < -0.3 is 9.64 Å². The Balaban J connectivity index is 1.74. The minimum Gasteiger partial charge on any atom is -0.496 e. The first-order chi connectivity index (χ1) is 12.4. The van der Waals surface area contributed by atoms with Gasteiger partial charge in [-0.2, -0.15) is 0 Å². The van der Waals surface area contributed by atoms with E-state index in [0.717, 1.165) is 23.2 Å². The van der Waals surface area contributed by atoms with Crippen molar-refractivity contribution in [1.29, 1.82) is 0 Å². The van der Waals surface area contributed by atoms with Crippen molar-refractivity contribution >= 4 is 21.6 Å². The molecular formula is C19H22N2O4S. The van der Waals surface area contributed by atoms with Gasteiger partial charge in [-0.15, -0.1) is 0 Å². The first-order valence-electron chi connectivity index (χ1n) is 8.44. The Hall–Kier alpha value is -2.38. The van der Waals surface area contributed by atoms with Gasteiger partial charge in [0, 0.05) is 25.2 Å². The van der Waals surface area contributed by atoms with E-state index in [-0.39, 0.29) is 17.3 Å². The SMILES string of the molecule is COc1ccc(S(=O)(=O)NCc2cccc(N3CCCC3=O)c2)cc1C. The molecule has 138 valence electrons. The van der Waals surface area contributed by atoms with Crippen molar-refractivity contribution in [3.63, 3.8) is 0 Å². The summed E-state index contributed by atoms with van der Waals surface area (Å²) in [5.74, 6) is 0.753. The monoisotopic (exact) mass is 374 g/mol. The smallest absolute Gasteiger partial charge is 0.240 e. The molecule has 0 saturated carbocycles. The lowest BCUT2D eigenvalue weighted by Gasteiger charge is -2.17. The summed E-state index contributed by atoms with van der Waals surface area (Å²) < 4.78 is 32.8. The third-order valence-corrected chi connectivity index (χ3v) is 5.84. The summed E-state index contributed by atoms with van der Waals surface area (Å²) in [5, 5.41) is 0. The van der Waals surface area contributed by atoms with Gasteiger partial charge in [0.15, 0.2) is 0 Å². The zero-order valence-electron chi connectivity index (χ0n) is 14.9. The number of ether oxygens (including phenoxy) is 1. The zero-order valence-corrected chi connectivity index (χ0v) is 15.7. The molecule has 0 aliphatic carbocycles. The van der Waals surface area contributed by atoms with Crippen LogP contribution in [0.1, 0.15) is 24.0 Å². The van der Waals surface area contributed by atoms with Crippen LogP contribution in [-0.4, -0.2) is 28.0 Å². The summed E-state index contributed by atoms with van der Waals surface area (Å²) in [6.45, 7) is 2.66. The van der Waals surface area contributed by atoms with Gasteiger partial charge in [-0.25, -0.2) is 13.1 Å². The lowest BCUT2D eigenvalue weighted by Crippen LogP contribution is -2.25. The van der Waals surface area contributed by atoms with Gasteiger partial charge in [0.2, 0.25) is 15.9 Å². The summed E-state index contributed by atoms with van der Waals surface area (Å²) in [4.78, 5) is 13.8. The summed E-state index contributed by atoms with van der Waals surface area (Å²) in [5.41, 5.74) is 2.37. The molecule has 7 heteroatoms. The molecule has 1 amide bonds. The second-order valence-corrected chi connectivity index (χ2v) is 8.04. The van der Waals surface area contributed by atoms with Crippen LogP contribution in [0.5, 0.6) is 5.75 Å². The predicted octanol–water partition coefficient (Wildman–Crippen LogP) is 2.61. The van der Waals surface area contributed by atoms with E-state index in [1.54, 1.807) is 31.1 Å². The second-order valence-electron chi connectivity index (χ2n) is 6.27. The maximum absolute atomic E-state index is 12.5. The fraction of sp³-hybridized carbons (Fsp3) is 0.316. The van der Waals surface area contributed by atoms with Gasteiger partial charge in [-0.3, -0.25) is 4.79 Å². The molecule has 0 aromatic heterocycles. The van der Waals surface area contributed by atoms with E-state index in [4.69, 9.17) is 4.74 Å². The molecule has 0 spiro atoms. The highest BCUT2D eigenvalue weighted by molar-refractivity contribution is 7.89. The Morgan fingerprint density at radius 3 is 2.65 bits per heavy atom. The van der Waals surface area contributed by atoms with Crippen LogP contribution in [-0.2, 0) is 21.4 Å². The van der Waals surface area contributed by atoms with E-state index in [1.165, 1.54) is 6.07 Å². The molecule has 6 nitrogen and oxygen atoms in total. The Morgan fingerprint density at radius 2 is 2.00 bits per heavy atom. The number of hydrogen-bond acceptors (Lipinski definition) is 4. The number of hydrogen-bond donors (Lipinski definition) is 1. The number of methoxy groups -OCH3 is 1. The minimum atomic E-state index is -3.63. The first-order valence-corrected chi connectivity index (χ1v) is 9.92. The average Bonchev–Trinajstić information content (AvgIpc) is 3.06. The molecule has 0 radical (unpaired) electrons. The second kappa shape index (κ2) is 7.47. The average molecular weight is 374 g/mol. The third kappa shape index (κ3) is 3.89. The van der Waals surface area contributed by atoms with Crippen LogP contribution in [0.15, 0.2) is 47.4 Å². The highest BCUT2D eigenvalue weighted by Crippen LogP contribution is 2.23. The number of benzene rings is 2. The van der Waals surface area contributed by atoms with Crippen LogP contribution in [0, 0.1) is 6.92 Å². The number of carbonyl (C=O) groups excluding carboxylic acids is 1. The summed E-state index contributed by atoms with van der Waals surface area (Å²) in [7, 11) is -2.09. The lowest BCUT2D eigenvalue weighted by atomic mass is 10.2. The van der Waals surface area contributed by atoms with E-state index in [1.807, 2.05) is 24.3 Å². The van der Waals surface area contributed by atoms with Gasteiger partial charge in [0.25, 0.3) is 0 Å². The molecule has 3 rings (SSSR count). The quantitative estimate of drug-likeness (QED) is 0.843. The maximum Gasteiger partial charge on any atom is 0.240 e. The number of carbonyl (C=O) groups is 1. The molecule has 0 atom stereocenters. The van der Waals surface area contributed by atoms with Crippen molar-refractivity contribution in [2.75, 3.05) is 18.6 Å². The molecule has 1 aliphatic rings. The van der Waals surface area contributed by atoms with E-state index < -0.39 is 10.0 Å². The molecule has 0 unspecified atom stereocenters. The Bertz CT molecular complexity index is 925. The van der Waals surface area contributed by atoms with Crippen molar-refractivity contribution in [1.82, 2.24) is 4.72 Å². The maximum atomic E-state index is 12.5. The Kier molecular flexibility index (Phi) is 5.29. The van der Waals surface area contributed by atoms with Gasteiger partial charge in [0.05, 0.1) is 12.0 Å². The van der Waals surface area contributed by atoms with E-state index in [9.17, 15) is 13.2 Å². The van der Waals surface area contributed by atoms with Gasteiger partial charge in [-0.05, 0) is 54.8 Å². The van der Waals surface area contributed by atoms with Crippen molar-refractivity contribution in [3.8, 4) is 5.75 Å². The molecule has 0 bridgehead atoms. The molecule has 1 saturated heterocycles. The number of nitrogens with one attached hydrogen (secondary N) is 1. The first kappa shape index (κ1) is 18.4. The van der Waals surface area contributed by atoms with Crippen LogP contribution in [0.2, 0.25) is 0 Å². The topological polar surface area (TPSA) is 75.7 Å². The summed E-state index contributed by atoms with van der Waals surface area (Å²) >= 11 is 0. The fourth-order valence-electron chi connectivity index (χ4n) is 3.04. The standard InChI is InChI=1S/C19H22N2O4S/c1-14-11-17(8-9-18(14)25-2)26(23,24)20-13-15-5-3-6-16(12-15)21-10-4-7-19(21)22/h3,5-6,8-9,11-12,20H,4,7,10,13H2,1-2H3. The number of nitrogens with zero attached hydrogens (tertiary/aromatic N) is 1. The largest absolute Gasteiger partial charge is 0.496 e. The van der Waals surface area contributed by atoms with E-state index in [2.05, 4.69) is 4.72 Å². The third-order valence-electron chi connectivity index (χ3n) is 4.44. The molecule has 1 aliphatic heterocycles. The van der Waals surface area contributed by atoms with E-state index in [0.29, 0.717) is 18.7 Å². The van der Waals surface area contributed by atoms with Crippen LogP contribution < -0.4 is 14.4 Å². The van der Waals surface area contributed by atoms with Crippen LogP contribution in [0.4, 0.5) is 5.69 Å². The summed E-state index contributed by atoms with van der Waals surface area (Å²) in [6, 6.07) is 12.1. The number of sulfonamides is 1. The van der Waals surface area contributed by atoms with Crippen LogP contribution in [0.25, 0.3) is 0 Å². The number of anilines is 1. The lowest BCUT2D eigenvalue weighted by molar-refractivity contribution is -0.117. The number of aryl methyl sites for hydroxylation is 1. The molecule has 1 heterocycles. The number of amides is 1. The molecular weight excluding hydrogens is 352 g/mol. The zero-order chi connectivity index (χ0) is 18.7. The van der Waals surface area contributed by atoms with Crippen molar-refractivity contribution in [3.05, 3.63) is 53.6 Å². The van der Waals surface area contributed by atoms with Crippen molar-refractivity contribution < 1.29 is 17.9 Å². The molecule has 2 aromatic carbocycles. The Morgan fingerprint density at radius 1 is 1.19 bits per heavy atom. The van der Waals surface area contributed by atoms with Crippen LogP contribution >= 0.6 is 0 Å². The normalized spacial score (nSPS) is 14.7. The fourth-order valence-corrected chi connectivity index (χ4v) is 4.14. The van der Waals surface area contributed by atoms with Gasteiger partial charge >= 0.3 is 0 Å². The predicted molar refractivity (Wildman–Crippen MR) is 99.8 cm³/mol. The van der Waals surface area contributed by atoms with Crippen molar-refractivity contribution in [2.45, 2.75) is 31.2 Å². The summed E-state index contributed by atoms with van der Waals surface area (Å²) in [6.07, 6.45) is 1.42.